The van der Waals surface area contributed by atoms with E-state index in [9.17, 15) is 0 Å². The molecule has 0 unspecified atom stereocenters. The summed E-state index contributed by atoms with van der Waals surface area (Å²) < 4.78 is 2.29. The molecule has 0 amide bonds. The van der Waals surface area contributed by atoms with Gasteiger partial charge in [0.1, 0.15) is 0 Å². The highest BCUT2D eigenvalue weighted by atomic mass is 15.2. The fourth-order valence-electron chi connectivity index (χ4n) is 7.38. The molecule has 0 radical (unpaired) electrons. The van der Waals surface area contributed by atoms with Crippen molar-refractivity contribution in [3.05, 3.63) is 195 Å². The Morgan fingerprint density at radius 3 is 2.09 bits per heavy atom. The Hall–Kier alpha value is -7.44. The standard InChI is InChI=1S/C48H32N6/c1-2-11-33(12-3-1)34-14-8-15-35(27-34)44-19-9-20-45(52-44)46-29-42-41-17-5-7-21-47(41)54(48(42)32-51-46)38-24-22-37(23-25-38)53(39-16-10-26-49-30-39)40-28-36-13-4-6-18-43(36)50-31-40/h1-32H. The third kappa shape index (κ3) is 5.63. The van der Waals surface area contributed by atoms with Crippen LogP contribution in [0.2, 0.25) is 0 Å². The van der Waals surface area contributed by atoms with Crippen molar-refractivity contribution in [2.75, 3.05) is 4.90 Å². The molecule has 10 aromatic rings. The smallest absolute Gasteiger partial charge is 0.0894 e. The Bertz CT molecular complexity index is 2940. The number of hydrogen-bond acceptors (Lipinski definition) is 5. The second-order valence-electron chi connectivity index (χ2n) is 13.2. The number of pyridine rings is 4. The van der Waals surface area contributed by atoms with Crippen molar-refractivity contribution in [3.8, 4) is 39.5 Å². The van der Waals surface area contributed by atoms with Gasteiger partial charge in [-0.3, -0.25) is 15.0 Å². The Kier molecular flexibility index (Phi) is 7.69. The Morgan fingerprint density at radius 1 is 0.426 bits per heavy atom. The highest BCUT2D eigenvalue weighted by molar-refractivity contribution is 6.10. The summed E-state index contributed by atoms with van der Waals surface area (Å²) in [6.07, 6.45) is 7.58. The predicted molar refractivity (Wildman–Crippen MR) is 220 cm³/mol. The lowest BCUT2D eigenvalue weighted by atomic mass is 10.0. The van der Waals surface area contributed by atoms with Gasteiger partial charge in [0.15, 0.2) is 0 Å². The third-order valence-electron chi connectivity index (χ3n) is 9.94. The van der Waals surface area contributed by atoms with E-state index >= 15 is 0 Å². The topological polar surface area (TPSA) is 59.7 Å². The van der Waals surface area contributed by atoms with Gasteiger partial charge < -0.3 is 9.47 Å². The van der Waals surface area contributed by atoms with Crippen molar-refractivity contribution in [2.45, 2.75) is 0 Å². The van der Waals surface area contributed by atoms with E-state index in [-0.39, 0.29) is 0 Å². The molecule has 5 heterocycles. The van der Waals surface area contributed by atoms with Crippen molar-refractivity contribution in [1.29, 1.82) is 0 Å². The van der Waals surface area contributed by atoms with E-state index in [1.54, 1.807) is 6.20 Å². The molecule has 0 fully saturated rings. The van der Waals surface area contributed by atoms with Crippen LogP contribution in [0.4, 0.5) is 17.1 Å². The van der Waals surface area contributed by atoms with Crippen LogP contribution in [0.1, 0.15) is 0 Å². The van der Waals surface area contributed by atoms with Crippen LogP contribution in [0, 0.1) is 0 Å². The number of benzene rings is 5. The van der Waals surface area contributed by atoms with Crippen LogP contribution in [-0.4, -0.2) is 24.5 Å². The van der Waals surface area contributed by atoms with Crippen molar-refractivity contribution in [2.24, 2.45) is 0 Å². The summed E-state index contributed by atoms with van der Waals surface area (Å²) in [6.45, 7) is 0. The average molecular weight is 693 g/mol. The van der Waals surface area contributed by atoms with Gasteiger partial charge in [-0.1, -0.05) is 91.0 Å². The van der Waals surface area contributed by atoms with Gasteiger partial charge in [-0.05, 0) is 90.0 Å². The number of rotatable bonds is 7. The SMILES string of the molecule is c1ccc(-c2cccc(-c3cccc(-c4cc5c6ccccc6n(-c6ccc(N(c7cccnc7)c7cnc8ccccc8c7)cc6)c5cn4)n3)c2)cc1. The van der Waals surface area contributed by atoms with Crippen LogP contribution in [0.15, 0.2) is 195 Å². The molecule has 5 aromatic heterocycles. The number of aromatic nitrogens is 5. The summed E-state index contributed by atoms with van der Waals surface area (Å²) in [5.74, 6) is 0. The molecule has 10 rings (SSSR count). The summed E-state index contributed by atoms with van der Waals surface area (Å²) >= 11 is 0. The zero-order chi connectivity index (χ0) is 35.8. The largest absolute Gasteiger partial charge is 0.308 e. The van der Waals surface area contributed by atoms with Crippen LogP contribution < -0.4 is 4.90 Å². The van der Waals surface area contributed by atoms with Crippen molar-refractivity contribution >= 4 is 49.8 Å². The molecule has 5 aromatic carbocycles. The Morgan fingerprint density at radius 2 is 1.20 bits per heavy atom. The van der Waals surface area contributed by atoms with Gasteiger partial charge in [0.2, 0.25) is 0 Å². The highest BCUT2D eigenvalue weighted by Crippen LogP contribution is 2.38. The van der Waals surface area contributed by atoms with Crippen LogP contribution in [0.5, 0.6) is 0 Å². The van der Waals surface area contributed by atoms with Gasteiger partial charge in [-0.2, -0.15) is 0 Å². The first-order valence-electron chi connectivity index (χ1n) is 17.9. The monoisotopic (exact) mass is 692 g/mol. The molecule has 0 saturated heterocycles. The van der Waals surface area contributed by atoms with Gasteiger partial charge in [0.25, 0.3) is 0 Å². The van der Waals surface area contributed by atoms with E-state index in [4.69, 9.17) is 15.0 Å². The molecule has 0 N–H and O–H groups in total. The quantitative estimate of drug-likeness (QED) is 0.166. The predicted octanol–water partition coefficient (Wildman–Crippen LogP) is 12.0. The molecule has 6 heteroatoms. The zero-order valence-corrected chi connectivity index (χ0v) is 29.2. The highest BCUT2D eigenvalue weighted by Gasteiger charge is 2.17. The molecule has 254 valence electrons. The second-order valence-corrected chi connectivity index (χ2v) is 13.2. The minimum atomic E-state index is 0.831. The van der Waals surface area contributed by atoms with E-state index in [2.05, 4.69) is 148 Å². The lowest BCUT2D eigenvalue weighted by molar-refractivity contribution is 1.16. The first-order chi connectivity index (χ1) is 26.8. The molecule has 0 atom stereocenters. The summed E-state index contributed by atoms with van der Waals surface area (Å²) in [5.41, 5.74) is 13.1. The maximum absolute atomic E-state index is 5.11. The van der Waals surface area contributed by atoms with Gasteiger partial charge in [0.05, 0.1) is 63.6 Å². The molecule has 0 saturated carbocycles. The summed E-state index contributed by atoms with van der Waals surface area (Å²) in [7, 11) is 0. The van der Waals surface area contributed by atoms with Gasteiger partial charge in [0, 0.05) is 39.3 Å². The summed E-state index contributed by atoms with van der Waals surface area (Å²) in [6, 6.07) is 58.9. The van der Waals surface area contributed by atoms with Crippen LogP contribution in [0.3, 0.4) is 0 Å². The van der Waals surface area contributed by atoms with Crippen molar-refractivity contribution < 1.29 is 0 Å². The second kappa shape index (κ2) is 13.3. The zero-order valence-electron chi connectivity index (χ0n) is 29.2. The number of nitrogens with zero attached hydrogens (tertiary/aromatic N) is 6. The normalized spacial score (nSPS) is 11.3. The Labute approximate surface area is 312 Å². The molecular formula is C48H32N6. The molecule has 6 nitrogen and oxygen atoms in total. The minimum absolute atomic E-state index is 0.831. The minimum Gasteiger partial charge on any atom is -0.308 e. The van der Waals surface area contributed by atoms with Crippen LogP contribution in [-0.2, 0) is 0 Å². The van der Waals surface area contributed by atoms with E-state index in [1.807, 2.05) is 55.0 Å². The van der Waals surface area contributed by atoms with E-state index in [0.717, 1.165) is 83.7 Å². The van der Waals surface area contributed by atoms with Crippen molar-refractivity contribution in [3.63, 3.8) is 0 Å². The fraction of sp³-hybridized carbons (Fsp3) is 0. The average Bonchev–Trinajstić information content (AvgIpc) is 3.58. The molecule has 0 aliphatic carbocycles. The number of hydrogen-bond donors (Lipinski definition) is 0. The van der Waals surface area contributed by atoms with Crippen LogP contribution >= 0.6 is 0 Å². The van der Waals surface area contributed by atoms with E-state index in [0.29, 0.717) is 0 Å². The first-order valence-corrected chi connectivity index (χ1v) is 17.9. The Balaban J connectivity index is 1.03. The number of fused-ring (bicyclic) bond motifs is 4. The lowest BCUT2D eigenvalue weighted by Gasteiger charge is -2.25. The fourth-order valence-corrected chi connectivity index (χ4v) is 7.38. The van der Waals surface area contributed by atoms with Crippen molar-refractivity contribution in [1.82, 2.24) is 24.5 Å². The number of para-hydroxylation sites is 2. The van der Waals surface area contributed by atoms with Gasteiger partial charge in [-0.25, -0.2) is 4.98 Å². The summed E-state index contributed by atoms with van der Waals surface area (Å²) in [5, 5.41) is 3.36. The van der Waals surface area contributed by atoms with E-state index in [1.165, 1.54) is 5.56 Å². The molecule has 0 aliphatic rings. The first kappa shape index (κ1) is 31.3. The summed E-state index contributed by atoms with van der Waals surface area (Å²) in [4.78, 5) is 21.5. The number of anilines is 3. The maximum Gasteiger partial charge on any atom is 0.0894 e. The van der Waals surface area contributed by atoms with Crippen LogP contribution in [0.25, 0.3) is 72.2 Å². The lowest BCUT2D eigenvalue weighted by Crippen LogP contribution is -2.10. The van der Waals surface area contributed by atoms with Gasteiger partial charge >= 0.3 is 0 Å². The maximum atomic E-state index is 5.11. The van der Waals surface area contributed by atoms with E-state index < -0.39 is 0 Å². The molecule has 0 bridgehead atoms. The third-order valence-corrected chi connectivity index (χ3v) is 9.94. The molecular weight excluding hydrogens is 661 g/mol. The molecule has 0 spiro atoms. The molecule has 54 heavy (non-hydrogen) atoms. The molecule has 0 aliphatic heterocycles. The van der Waals surface area contributed by atoms with Gasteiger partial charge in [-0.15, -0.1) is 0 Å².